The molecule has 38 heavy (non-hydrogen) atoms. The number of aromatic nitrogens is 4. The summed E-state index contributed by atoms with van der Waals surface area (Å²) in [4.78, 5) is 45.5. The molecule has 0 saturated heterocycles. The highest BCUT2D eigenvalue weighted by atomic mass is 35.5. The SMILES string of the molecule is C[C@@H](C(=O)O)[C@H](C)n1c(=O)nc(Nc2ccc3nc(C(F)(F)F)ccc3c2)n(Cc2ccc(Cl)cc2)c1=O. The molecule has 0 bridgehead atoms. The van der Waals surface area contributed by atoms with Crippen LogP contribution in [0.5, 0.6) is 0 Å². The van der Waals surface area contributed by atoms with Gasteiger partial charge in [-0.15, -0.1) is 0 Å². The molecule has 0 aliphatic rings. The highest BCUT2D eigenvalue weighted by molar-refractivity contribution is 6.30. The second kappa shape index (κ2) is 10.3. The number of nitrogens with one attached hydrogen (secondary N) is 1. The number of carbonyl (C=O) groups is 1. The lowest BCUT2D eigenvalue weighted by Gasteiger charge is -2.21. The Morgan fingerprint density at radius 3 is 2.37 bits per heavy atom. The van der Waals surface area contributed by atoms with Gasteiger partial charge in [-0.25, -0.2) is 19.1 Å². The third-order valence-corrected chi connectivity index (χ3v) is 6.36. The number of carboxylic acid groups (broad SMARTS) is 1. The van der Waals surface area contributed by atoms with E-state index in [2.05, 4.69) is 15.3 Å². The monoisotopic (exact) mass is 547 g/mol. The van der Waals surface area contributed by atoms with Crippen LogP contribution in [0.4, 0.5) is 24.8 Å². The van der Waals surface area contributed by atoms with Gasteiger partial charge in [0.15, 0.2) is 0 Å². The predicted molar refractivity (Wildman–Crippen MR) is 135 cm³/mol. The van der Waals surface area contributed by atoms with E-state index in [1.54, 1.807) is 24.3 Å². The van der Waals surface area contributed by atoms with Crippen LogP contribution in [0.2, 0.25) is 5.02 Å². The predicted octanol–water partition coefficient (Wildman–Crippen LogP) is 4.70. The van der Waals surface area contributed by atoms with E-state index in [0.29, 0.717) is 21.7 Å². The van der Waals surface area contributed by atoms with Crippen molar-refractivity contribution in [2.45, 2.75) is 32.6 Å². The average Bonchev–Trinajstić information content (AvgIpc) is 2.85. The van der Waals surface area contributed by atoms with Crippen molar-refractivity contribution < 1.29 is 23.1 Å². The van der Waals surface area contributed by atoms with E-state index in [9.17, 15) is 32.7 Å². The van der Waals surface area contributed by atoms with Crippen LogP contribution >= 0.6 is 11.6 Å². The number of hydrogen-bond donors (Lipinski definition) is 2. The topological polar surface area (TPSA) is 119 Å². The third kappa shape index (κ3) is 5.54. The van der Waals surface area contributed by atoms with E-state index in [4.69, 9.17) is 11.6 Å². The Labute approximate surface area is 218 Å². The molecule has 198 valence electrons. The Morgan fingerprint density at radius 1 is 1.05 bits per heavy atom. The molecule has 13 heteroatoms. The molecule has 0 spiro atoms. The molecule has 2 N–H and O–H groups in total. The summed E-state index contributed by atoms with van der Waals surface area (Å²) in [6.45, 7) is 2.78. The number of hydrogen-bond acceptors (Lipinski definition) is 6. The lowest BCUT2D eigenvalue weighted by molar-refractivity contribution is -0.142. The molecular weight excluding hydrogens is 527 g/mol. The zero-order valence-corrected chi connectivity index (χ0v) is 20.8. The van der Waals surface area contributed by atoms with Crippen LogP contribution in [0, 0.1) is 5.92 Å². The van der Waals surface area contributed by atoms with Gasteiger partial charge in [0.2, 0.25) is 5.95 Å². The van der Waals surface area contributed by atoms with Crippen molar-refractivity contribution in [2.75, 3.05) is 5.32 Å². The molecule has 2 aromatic carbocycles. The lowest BCUT2D eigenvalue weighted by Crippen LogP contribution is -2.46. The van der Waals surface area contributed by atoms with E-state index < -0.39 is 41.2 Å². The molecule has 4 rings (SSSR count). The van der Waals surface area contributed by atoms with Gasteiger partial charge in [-0.1, -0.05) is 29.8 Å². The van der Waals surface area contributed by atoms with Crippen LogP contribution in [0.1, 0.15) is 31.1 Å². The fourth-order valence-electron chi connectivity index (χ4n) is 3.79. The Balaban J connectivity index is 1.80. The van der Waals surface area contributed by atoms with Crippen molar-refractivity contribution in [1.82, 2.24) is 19.1 Å². The van der Waals surface area contributed by atoms with Crippen LogP contribution in [0.25, 0.3) is 10.9 Å². The molecule has 0 saturated carbocycles. The fraction of sp³-hybridized carbons (Fsp3) is 0.240. The summed E-state index contributed by atoms with van der Waals surface area (Å²) in [5.41, 5.74) is -1.70. The summed E-state index contributed by atoms with van der Waals surface area (Å²) in [5, 5.41) is 13.1. The van der Waals surface area contributed by atoms with Crippen molar-refractivity contribution in [2.24, 2.45) is 5.92 Å². The van der Waals surface area contributed by atoms with Crippen LogP contribution in [-0.4, -0.2) is 30.2 Å². The third-order valence-electron chi connectivity index (χ3n) is 6.11. The molecule has 0 fully saturated rings. The second-order valence-electron chi connectivity index (χ2n) is 8.68. The molecule has 2 atom stereocenters. The first-order valence-electron chi connectivity index (χ1n) is 11.3. The number of rotatable bonds is 7. The van der Waals surface area contributed by atoms with Gasteiger partial charge in [0.1, 0.15) is 5.69 Å². The van der Waals surface area contributed by atoms with Crippen molar-refractivity contribution in [3.63, 3.8) is 0 Å². The number of carboxylic acids is 1. The Hall–Kier alpha value is -4.19. The number of anilines is 2. The summed E-state index contributed by atoms with van der Waals surface area (Å²) in [6, 6.07) is 12.0. The van der Waals surface area contributed by atoms with Gasteiger partial charge in [-0.05, 0) is 55.8 Å². The van der Waals surface area contributed by atoms with E-state index in [-0.39, 0.29) is 18.0 Å². The standard InChI is InChI=1S/C25H21ClF3N5O4/c1-13(21(35)36)14(2)34-23(37)32-22(33(24(34)38)12-15-3-6-17(26)7-4-15)30-18-8-9-19-16(11-18)5-10-20(31-19)25(27,28)29/h3-11,13-14H,12H2,1-2H3,(H,35,36)(H,30,32,37)/t13-,14+/m1/s1. The summed E-state index contributed by atoms with van der Waals surface area (Å²) in [6.07, 6.45) is -4.59. The van der Waals surface area contributed by atoms with Gasteiger partial charge < -0.3 is 10.4 Å². The molecule has 0 amide bonds. The maximum absolute atomic E-state index is 13.5. The van der Waals surface area contributed by atoms with E-state index in [0.717, 1.165) is 10.6 Å². The van der Waals surface area contributed by atoms with E-state index in [1.165, 1.54) is 42.7 Å². The van der Waals surface area contributed by atoms with E-state index in [1.807, 2.05) is 0 Å². The van der Waals surface area contributed by atoms with Crippen LogP contribution in [0.15, 0.2) is 64.2 Å². The van der Waals surface area contributed by atoms with Crippen LogP contribution < -0.4 is 16.7 Å². The molecule has 0 aliphatic heterocycles. The first-order chi connectivity index (χ1) is 17.8. The summed E-state index contributed by atoms with van der Waals surface area (Å²) >= 11 is 5.96. The number of nitrogens with zero attached hydrogens (tertiary/aromatic N) is 4. The summed E-state index contributed by atoms with van der Waals surface area (Å²) in [7, 11) is 0. The molecular formula is C25H21ClF3N5O4. The zero-order valence-electron chi connectivity index (χ0n) is 20.0. The molecule has 2 aromatic heterocycles. The number of pyridine rings is 1. The maximum atomic E-state index is 13.5. The Bertz CT molecular complexity index is 1630. The Morgan fingerprint density at radius 2 is 1.74 bits per heavy atom. The number of benzene rings is 2. The quantitative estimate of drug-likeness (QED) is 0.344. The zero-order chi connectivity index (χ0) is 27.8. The summed E-state index contributed by atoms with van der Waals surface area (Å²) < 4.78 is 41.0. The van der Waals surface area contributed by atoms with Gasteiger partial charge in [-0.2, -0.15) is 18.2 Å². The lowest BCUT2D eigenvalue weighted by atomic mass is 10.0. The maximum Gasteiger partial charge on any atom is 0.433 e. The highest BCUT2D eigenvalue weighted by Crippen LogP contribution is 2.30. The Kier molecular flexibility index (Phi) is 7.27. The molecule has 4 aromatic rings. The minimum Gasteiger partial charge on any atom is -0.481 e. The minimum atomic E-state index is -4.59. The van der Waals surface area contributed by atoms with Crippen molar-refractivity contribution in [3.05, 3.63) is 91.8 Å². The summed E-state index contributed by atoms with van der Waals surface area (Å²) in [5.74, 6) is -2.38. The average molecular weight is 548 g/mol. The first-order valence-corrected chi connectivity index (χ1v) is 11.7. The van der Waals surface area contributed by atoms with Gasteiger partial charge >= 0.3 is 23.5 Å². The molecule has 0 aliphatic carbocycles. The van der Waals surface area contributed by atoms with Crippen LogP contribution in [-0.2, 0) is 17.5 Å². The van der Waals surface area contributed by atoms with Gasteiger partial charge in [0, 0.05) is 16.1 Å². The second-order valence-corrected chi connectivity index (χ2v) is 9.11. The molecule has 0 unspecified atom stereocenters. The minimum absolute atomic E-state index is 0.0378. The van der Waals surface area contributed by atoms with Crippen molar-refractivity contribution in [1.29, 1.82) is 0 Å². The number of alkyl halides is 3. The number of fused-ring (bicyclic) bond motifs is 1. The van der Waals surface area contributed by atoms with Gasteiger partial charge in [0.25, 0.3) is 0 Å². The molecule has 9 nitrogen and oxygen atoms in total. The largest absolute Gasteiger partial charge is 0.481 e. The normalized spacial score (nSPS) is 13.3. The molecule has 0 radical (unpaired) electrons. The van der Waals surface area contributed by atoms with Crippen LogP contribution in [0.3, 0.4) is 0 Å². The number of aliphatic carboxylic acids is 1. The molecule has 2 heterocycles. The van der Waals surface area contributed by atoms with Crippen molar-refractivity contribution in [3.8, 4) is 0 Å². The van der Waals surface area contributed by atoms with E-state index >= 15 is 0 Å². The number of halogens is 4. The fourth-order valence-corrected chi connectivity index (χ4v) is 3.91. The highest BCUT2D eigenvalue weighted by Gasteiger charge is 2.32. The smallest absolute Gasteiger partial charge is 0.433 e. The van der Waals surface area contributed by atoms with Gasteiger partial charge in [-0.3, -0.25) is 9.36 Å². The van der Waals surface area contributed by atoms with Crippen molar-refractivity contribution >= 4 is 40.1 Å². The first kappa shape index (κ1) is 26.9. The van der Waals surface area contributed by atoms with Gasteiger partial charge in [0.05, 0.1) is 24.0 Å².